The summed E-state index contributed by atoms with van der Waals surface area (Å²) in [5, 5.41) is 0. The minimum absolute atomic E-state index is 0.275. The molecule has 0 saturated heterocycles. The topological polar surface area (TPSA) is 0 Å². The van der Waals surface area contributed by atoms with Crippen LogP contribution in [0, 0.1) is 12.8 Å². The Morgan fingerprint density at radius 2 is 1.67 bits per heavy atom. The summed E-state index contributed by atoms with van der Waals surface area (Å²) in [5.74, 6) is 0.571. The van der Waals surface area contributed by atoms with Crippen LogP contribution in [0.4, 0.5) is 0 Å². The molecule has 216 valence electrons. The molecule has 0 nitrogen and oxygen atoms in total. The highest BCUT2D eigenvalue weighted by Gasteiger charge is 2.41. The molecule has 5 rings (SSSR count). The third-order valence-electron chi connectivity index (χ3n) is 9.67. The number of hydrogen-bond acceptors (Lipinski definition) is 0. The molecule has 0 radical (unpaired) electrons. The summed E-state index contributed by atoms with van der Waals surface area (Å²) in [4.78, 5) is 0. The fraction of sp³-hybridized carbons (Fsp3) is 0.333. The summed E-state index contributed by atoms with van der Waals surface area (Å²) in [6, 6.07) is 14.0. The Kier molecular flexibility index (Phi) is 8.74. The number of benzene rings is 2. The van der Waals surface area contributed by atoms with Gasteiger partial charge in [-0.1, -0.05) is 118 Å². The van der Waals surface area contributed by atoms with Crippen LogP contribution in [-0.2, 0) is 12.8 Å². The van der Waals surface area contributed by atoms with Gasteiger partial charge in [0.05, 0.1) is 0 Å². The van der Waals surface area contributed by atoms with Gasteiger partial charge in [-0.15, -0.1) is 0 Å². The molecule has 0 N–H and O–H groups in total. The maximum absolute atomic E-state index is 4.79. The summed E-state index contributed by atoms with van der Waals surface area (Å²) in [5.41, 5.74) is 20.4. The van der Waals surface area contributed by atoms with Crippen molar-refractivity contribution in [3.05, 3.63) is 153 Å². The van der Waals surface area contributed by atoms with E-state index in [9.17, 15) is 0 Å². The van der Waals surface area contributed by atoms with Crippen molar-refractivity contribution in [3.8, 4) is 0 Å². The molecule has 0 spiro atoms. The molecule has 3 aliphatic carbocycles. The van der Waals surface area contributed by atoms with E-state index in [4.69, 9.17) is 6.58 Å². The molecular formula is C42H48. The molecule has 0 amide bonds. The first-order valence-electron chi connectivity index (χ1n) is 15.9. The highest BCUT2D eigenvalue weighted by atomic mass is 14.4. The van der Waals surface area contributed by atoms with E-state index in [2.05, 4.69) is 115 Å². The summed E-state index contributed by atoms with van der Waals surface area (Å²) in [6.45, 7) is 27.0. The summed E-state index contributed by atoms with van der Waals surface area (Å²) in [7, 11) is 0. The van der Waals surface area contributed by atoms with Crippen LogP contribution in [0.25, 0.3) is 11.1 Å². The first-order valence-corrected chi connectivity index (χ1v) is 15.9. The van der Waals surface area contributed by atoms with E-state index in [1.165, 1.54) is 78.0 Å². The first-order chi connectivity index (χ1) is 20.2. The molecule has 2 aromatic rings. The van der Waals surface area contributed by atoms with Gasteiger partial charge in [0.1, 0.15) is 0 Å². The van der Waals surface area contributed by atoms with Crippen molar-refractivity contribution in [2.45, 2.75) is 86.0 Å². The third-order valence-corrected chi connectivity index (χ3v) is 9.67. The molecule has 0 bridgehead atoms. The molecule has 1 saturated carbocycles. The lowest BCUT2D eigenvalue weighted by Crippen LogP contribution is -2.21. The van der Waals surface area contributed by atoms with Gasteiger partial charge in [0, 0.05) is 11.8 Å². The number of rotatable bonds is 9. The number of allylic oxidation sites excluding steroid dienone is 13. The Labute approximate surface area is 255 Å². The third kappa shape index (κ3) is 5.57. The van der Waals surface area contributed by atoms with Crippen molar-refractivity contribution in [2.75, 3.05) is 0 Å². The zero-order valence-electron chi connectivity index (χ0n) is 26.8. The van der Waals surface area contributed by atoms with Gasteiger partial charge in [0.25, 0.3) is 0 Å². The summed E-state index contributed by atoms with van der Waals surface area (Å²) < 4.78 is 0. The van der Waals surface area contributed by atoms with E-state index < -0.39 is 0 Å². The van der Waals surface area contributed by atoms with Gasteiger partial charge in [-0.2, -0.15) is 0 Å². The van der Waals surface area contributed by atoms with Crippen LogP contribution in [0.2, 0.25) is 0 Å². The van der Waals surface area contributed by atoms with Gasteiger partial charge in [-0.3, -0.25) is 0 Å². The van der Waals surface area contributed by atoms with Crippen LogP contribution in [0.1, 0.15) is 99.6 Å². The minimum Gasteiger partial charge on any atom is -0.0955 e. The highest BCUT2D eigenvalue weighted by molar-refractivity contribution is 5.78. The van der Waals surface area contributed by atoms with Crippen LogP contribution >= 0.6 is 0 Å². The van der Waals surface area contributed by atoms with Crippen molar-refractivity contribution >= 4 is 11.1 Å². The molecule has 3 aliphatic rings. The lowest BCUT2D eigenvalue weighted by molar-refractivity contribution is 0.618. The average Bonchev–Trinajstić information content (AvgIpc) is 3.56. The number of hydrogen-bond donors (Lipinski definition) is 0. The predicted octanol–water partition coefficient (Wildman–Crippen LogP) is 11.8. The van der Waals surface area contributed by atoms with Crippen molar-refractivity contribution in [1.29, 1.82) is 0 Å². The minimum atomic E-state index is 0.275. The van der Waals surface area contributed by atoms with E-state index in [0.717, 1.165) is 44.1 Å². The van der Waals surface area contributed by atoms with Gasteiger partial charge < -0.3 is 0 Å². The van der Waals surface area contributed by atoms with Crippen molar-refractivity contribution in [2.24, 2.45) is 5.92 Å². The molecule has 0 aromatic heterocycles. The standard InChI is InChI=1S/C42H48/c1-10-13-28(7)40-29(8)20-38-24-37(30(9)41(38)42(40)36-19-18-32(11-2)33(12-3)23-36)22-31-15-17-35(21-31)39-25-34(26(4)5)16-14-27(39)6/h14-20,22-23,25,41-42H,4,7,9-13,21,24H2,1-3,5-6,8H3. The number of aryl methyl sites for hydroxylation is 3. The molecule has 42 heavy (non-hydrogen) atoms. The second-order valence-electron chi connectivity index (χ2n) is 12.7. The maximum Gasteiger partial charge on any atom is 0.0201 e. The summed E-state index contributed by atoms with van der Waals surface area (Å²) in [6.07, 6.45) is 15.8. The van der Waals surface area contributed by atoms with Gasteiger partial charge in [-0.05, 0) is 126 Å². The van der Waals surface area contributed by atoms with Crippen LogP contribution in [0.15, 0.2) is 119 Å². The van der Waals surface area contributed by atoms with E-state index in [0.29, 0.717) is 5.92 Å². The average molecular weight is 553 g/mol. The van der Waals surface area contributed by atoms with Gasteiger partial charge in [0.15, 0.2) is 0 Å². The quantitative estimate of drug-likeness (QED) is 0.290. The second-order valence-corrected chi connectivity index (χ2v) is 12.7. The predicted molar refractivity (Wildman–Crippen MR) is 185 cm³/mol. The van der Waals surface area contributed by atoms with Crippen LogP contribution < -0.4 is 0 Å². The molecule has 0 aliphatic heterocycles. The molecule has 2 unspecified atom stereocenters. The van der Waals surface area contributed by atoms with E-state index in [1.807, 2.05) is 0 Å². The molecule has 1 fully saturated rings. The van der Waals surface area contributed by atoms with Crippen LogP contribution in [0.5, 0.6) is 0 Å². The lowest BCUT2D eigenvalue weighted by Gasteiger charge is -2.35. The zero-order valence-corrected chi connectivity index (χ0v) is 26.8. The van der Waals surface area contributed by atoms with E-state index in [1.54, 1.807) is 0 Å². The summed E-state index contributed by atoms with van der Waals surface area (Å²) >= 11 is 0. The SMILES string of the molecule is C=C(CCC)C1=C(C)C=C2CC(=CC3=CC=C(c4cc(C(=C)C)ccc4C)C3)C(=C)C2C1c1ccc(CC)c(CC)c1. The molecule has 0 heterocycles. The Morgan fingerprint density at radius 3 is 2.36 bits per heavy atom. The second kappa shape index (κ2) is 12.3. The van der Waals surface area contributed by atoms with E-state index in [-0.39, 0.29) is 5.92 Å². The zero-order chi connectivity index (χ0) is 30.1. The lowest BCUT2D eigenvalue weighted by atomic mass is 9.68. The monoisotopic (exact) mass is 552 g/mol. The van der Waals surface area contributed by atoms with E-state index >= 15 is 0 Å². The fourth-order valence-corrected chi connectivity index (χ4v) is 7.43. The largest absolute Gasteiger partial charge is 0.0955 e. The smallest absolute Gasteiger partial charge is 0.0201 e. The molecular weight excluding hydrogens is 504 g/mol. The van der Waals surface area contributed by atoms with Gasteiger partial charge >= 0.3 is 0 Å². The van der Waals surface area contributed by atoms with Crippen molar-refractivity contribution in [1.82, 2.24) is 0 Å². The highest BCUT2D eigenvalue weighted by Crippen LogP contribution is 2.55. The van der Waals surface area contributed by atoms with Gasteiger partial charge in [-0.25, -0.2) is 0 Å². The number of fused-ring (bicyclic) bond motifs is 1. The van der Waals surface area contributed by atoms with Gasteiger partial charge in [0.2, 0.25) is 0 Å². The molecule has 2 aromatic carbocycles. The van der Waals surface area contributed by atoms with Crippen molar-refractivity contribution < 1.29 is 0 Å². The Morgan fingerprint density at radius 1 is 0.905 bits per heavy atom. The fourth-order valence-electron chi connectivity index (χ4n) is 7.43. The Bertz CT molecular complexity index is 1620. The van der Waals surface area contributed by atoms with Crippen LogP contribution in [0.3, 0.4) is 0 Å². The Balaban J connectivity index is 1.47. The maximum atomic E-state index is 4.79. The molecule has 2 atom stereocenters. The van der Waals surface area contributed by atoms with Crippen molar-refractivity contribution in [3.63, 3.8) is 0 Å². The first kappa shape index (κ1) is 29.8. The van der Waals surface area contributed by atoms with Crippen LogP contribution in [-0.4, -0.2) is 0 Å². The molecule has 0 heteroatoms. The Hall–Kier alpha value is -3.64. The normalized spacial score (nSPS) is 21.0.